The second-order valence-corrected chi connectivity index (χ2v) is 2.51. The van der Waals surface area contributed by atoms with Gasteiger partial charge in [-0.1, -0.05) is 0 Å². The van der Waals surface area contributed by atoms with Crippen molar-refractivity contribution in [1.82, 2.24) is 4.90 Å². The topological polar surface area (TPSA) is 12.5 Å². The maximum absolute atomic E-state index is 11.7. The van der Waals surface area contributed by atoms with E-state index in [4.69, 9.17) is 4.74 Å². The summed E-state index contributed by atoms with van der Waals surface area (Å²) in [6.07, 6.45) is -2.89. The van der Waals surface area contributed by atoms with Crippen LogP contribution >= 0.6 is 0 Å². The number of nitrogens with zero attached hydrogens (tertiary/aromatic N) is 1. The molecule has 5 heteroatoms. The highest BCUT2D eigenvalue weighted by molar-refractivity contribution is 4.89. The minimum absolute atomic E-state index is 0.248. The largest absolute Gasteiger partial charge is 0.411 e. The van der Waals surface area contributed by atoms with E-state index in [9.17, 15) is 13.2 Å². The number of rotatable bonds is 1. The van der Waals surface area contributed by atoms with E-state index in [0.717, 1.165) is 6.20 Å². The number of alkyl halides is 3. The van der Waals surface area contributed by atoms with E-state index < -0.39 is 6.18 Å². The lowest BCUT2D eigenvalue weighted by Crippen LogP contribution is -2.32. The van der Waals surface area contributed by atoms with Gasteiger partial charge in [0.05, 0.1) is 13.2 Å². The van der Waals surface area contributed by atoms with Crippen molar-refractivity contribution in [2.45, 2.75) is 6.18 Å². The molecule has 1 aliphatic heterocycles. The molecule has 0 bridgehead atoms. The van der Waals surface area contributed by atoms with Gasteiger partial charge in [-0.25, -0.2) is 0 Å². The van der Waals surface area contributed by atoms with Crippen molar-refractivity contribution in [2.24, 2.45) is 0 Å². The molecule has 0 atom stereocenters. The van der Waals surface area contributed by atoms with Crippen LogP contribution in [-0.2, 0) is 4.74 Å². The number of halogens is 3. The summed E-state index contributed by atoms with van der Waals surface area (Å²) in [7, 11) is 0. The molecule has 0 radical (unpaired) electrons. The molecule has 0 amide bonds. The number of hydrogen-bond donors (Lipinski definition) is 0. The van der Waals surface area contributed by atoms with E-state index in [1.54, 1.807) is 4.90 Å². The molecular formula is C7H10F3NO. The molecule has 0 aromatic carbocycles. The molecule has 70 valence electrons. The van der Waals surface area contributed by atoms with Crippen molar-refractivity contribution in [3.63, 3.8) is 0 Å². The Morgan fingerprint density at radius 2 is 1.75 bits per heavy atom. The number of hydrogen-bond acceptors (Lipinski definition) is 2. The summed E-state index contributed by atoms with van der Waals surface area (Å²) in [5.41, 5.74) is 0. The van der Waals surface area contributed by atoms with Crippen LogP contribution in [0.1, 0.15) is 0 Å². The average Bonchev–Trinajstić information content (AvgIpc) is 2.02. The van der Waals surface area contributed by atoms with Crippen LogP contribution in [0.2, 0.25) is 0 Å². The number of ether oxygens (including phenoxy) is 1. The van der Waals surface area contributed by atoms with Crippen LogP contribution in [0.4, 0.5) is 13.2 Å². The van der Waals surface area contributed by atoms with Crippen LogP contribution in [0, 0.1) is 0 Å². The summed E-state index contributed by atoms with van der Waals surface area (Å²) >= 11 is 0. The van der Waals surface area contributed by atoms with Gasteiger partial charge in [0.25, 0.3) is 0 Å². The first kappa shape index (κ1) is 9.38. The fourth-order valence-corrected chi connectivity index (χ4v) is 0.916. The predicted octanol–water partition coefficient (Wildman–Crippen LogP) is 1.39. The SMILES string of the molecule is FC(F)(F)/C=C/N1CCOCC1. The fraction of sp³-hybridized carbons (Fsp3) is 0.714. The molecule has 0 unspecified atom stereocenters. The van der Waals surface area contributed by atoms with Gasteiger partial charge >= 0.3 is 6.18 Å². The Morgan fingerprint density at radius 3 is 2.25 bits per heavy atom. The third-order valence-electron chi connectivity index (χ3n) is 1.52. The van der Waals surface area contributed by atoms with Crippen LogP contribution < -0.4 is 0 Å². The van der Waals surface area contributed by atoms with Crippen LogP contribution in [0.3, 0.4) is 0 Å². The summed E-state index contributed by atoms with van der Waals surface area (Å²) in [6, 6.07) is 0. The minimum Gasteiger partial charge on any atom is -0.378 e. The molecule has 1 fully saturated rings. The third kappa shape index (κ3) is 3.61. The summed E-state index contributed by atoms with van der Waals surface area (Å²) in [4.78, 5) is 1.59. The van der Waals surface area contributed by atoms with Gasteiger partial charge in [-0.15, -0.1) is 0 Å². The molecule has 1 saturated heterocycles. The van der Waals surface area contributed by atoms with E-state index in [1.807, 2.05) is 0 Å². The molecule has 0 aromatic rings. The van der Waals surface area contributed by atoms with Gasteiger partial charge < -0.3 is 9.64 Å². The molecular weight excluding hydrogens is 171 g/mol. The molecule has 12 heavy (non-hydrogen) atoms. The van der Waals surface area contributed by atoms with Crippen molar-refractivity contribution in [1.29, 1.82) is 0 Å². The first-order valence-corrected chi connectivity index (χ1v) is 3.66. The maximum atomic E-state index is 11.7. The minimum atomic E-state index is -4.21. The lowest BCUT2D eigenvalue weighted by atomic mass is 10.4. The summed E-state index contributed by atoms with van der Waals surface area (Å²) in [6.45, 7) is 2.07. The maximum Gasteiger partial charge on any atom is 0.411 e. The van der Waals surface area contributed by atoms with Gasteiger partial charge in [0, 0.05) is 25.4 Å². The molecule has 0 spiro atoms. The Hall–Kier alpha value is -0.710. The van der Waals surface area contributed by atoms with Crippen molar-refractivity contribution < 1.29 is 17.9 Å². The van der Waals surface area contributed by atoms with Gasteiger partial charge in [-0.2, -0.15) is 13.2 Å². The molecule has 0 aliphatic carbocycles. The zero-order valence-electron chi connectivity index (χ0n) is 6.47. The van der Waals surface area contributed by atoms with Crippen molar-refractivity contribution in [3.05, 3.63) is 12.3 Å². The van der Waals surface area contributed by atoms with E-state index in [-0.39, 0.29) is 6.08 Å². The first-order chi connectivity index (χ1) is 5.58. The summed E-state index contributed by atoms with van der Waals surface area (Å²) in [5.74, 6) is 0. The quantitative estimate of drug-likeness (QED) is 0.606. The van der Waals surface area contributed by atoms with Crippen molar-refractivity contribution in [3.8, 4) is 0 Å². The zero-order chi connectivity index (χ0) is 9.03. The molecule has 0 N–H and O–H groups in total. The zero-order valence-corrected chi connectivity index (χ0v) is 6.47. The second-order valence-electron chi connectivity index (χ2n) is 2.51. The van der Waals surface area contributed by atoms with Crippen molar-refractivity contribution >= 4 is 0 Å². The molecule has 1 aliphatic rings. The van der Waals surface area contributed by atoms with Crippen LogP contribution in [0.15, 0.2) is 12.3 Å². The van der Waals surface area contributed by atoms with Crippen LogP contribution in [-0.4, -0.2) is 37.4 Å². The highest BCUT2D eigenvalue weighted by Crippen LogP contribution is 2.16. The third-order valence-corrected chi connectivity index (χ3v) is 1.52. The Balaban J connectivity index is 2.33. The van der Waals surface area contributed by atoms with Gasteiger partial charge in [-0.3, -0.25) is 0 Å². The van der Waals surface area contributed by atoms with Crippen LogP contribution in [0.25, 0.3) is 0 Å². The predicted molar refractivity (Wildman–Crippen MR) is 37.6 cm³/mol. The average molecular weight is 181 g/mol. The Kier molecular flexibility index (Phi) is 2.97. The monoisotopic (exact) mass is 181 g/mol. The second kappa shape index (κ2) is 3.80. The number of morpholine rings is 1. The normalized spacial score (nSPS) is 20.4. The molecule has 0 saturated carbocycles. The summed E-state index contributed by atoms with van der Waals surface area (Å²) < 4.78 is 40.0. The molecule has 0 aromatic heterocycles. The highest BCUT2D eigenvalue weighted by atomic mass is 19.4. The smallest absolute Gasteiger partial charge is 0.378 e. The first-order valence-electron chi connectivity index (χ1n) is 3.66. The molecule has 1 heterocycles. The molecule has 1 rings (SSSR count). The Bertz CT molecular complexity index is 161. The number of allylic oxidation sites excluding steroid dienone is 1. The van der Waals surface area contributed by atoms with Gasteiger partial charge in [0.15, 0.2) is 0 Å². The van der Waals surface area contributed by atoms with Gasteiger partial charge in [-0.05, 0) is 0 Å². The van der Waals surface area contributed by atoms with E-state index in [0.29, 0.717) is 26.3 Å². The lowest BCUT2D eigenvalue weighted by Gasteiger charge is -2.25. The van der Waals surface area contributed by atoms with E-state index >= 15 is 0 Å². The van der Waals surface area contributed by atoms with Gasteiger partial charge in [0.2, 0.25) is 0 Å². The standard InChI is InChI=1S/C7H10F3NO/c8-7(9,10)1-2-11-3-5-12-6-4-11/h1-2H,3-6H2/b2-1+. The van der Waals surface area contributed by atoms with Crippen LogP contribution in [0.5, 0.6) is 0 Å². The highest BCUT2D eigenvalue weighted by Gasteiger charge is 2.22. The Morgan fingerprint density at radius 1 is 1.17 bits per heavy atom. The van der Waals surface area contributed by atoms with Gasteiger partial charge in [0.1, 0.15) is 0 Å². The Labute approximate surface area is 68.6 Å². The summed E-state index contributed by atoms with van der Waals surface area (Å²) in [5, 5.41) is 0. The van der Waals surface area contributed by atoms with Crippen molar-refractivity contribution in [2.75, 3.05) is 26.3 Å². The van der Waals surface area contributed by atoms with E-state index in [2.05, 4.69) is 0 Å². The fourth-order valence-electron chi connectivity index (χ4n) is 0.916. The lowest BCUT2D eigenvalue weighted by molar-refractivity contribution is -0.0811. The van der Waals surface area contributed by atoms with E-state index in [1.165, 1.54) is 0 Å². The molecule has 2 nitrogen and oxygen atoms in total.